The van der Waals surface area contributed by atoms with E-state index in [-0.39, 0.29) is 10.6 Å². The summed E-state index contributed by atoms with van der Waals surface area (Å²) >= 11 is 0. The lowest BCUT2D eigenvalue weighted by molar-refractivity contribution is -0.386. The molecular formula is C13H18N6O2. The quantitative estimate of drug-likeness (QED) is 0.470. The van der Waals surface area contributed by atoms with E-state index in [0.29, 0.717) is 23.4 Å². The fraction of sp³-hybridized carbons (Fsp3) is 0.462. The highest BCUT2D eigenvalue weighted by Crippen LogP contribution is 2.23. The van der Waals surface area contributed by atoms with Gasteiger partial charge in [-0.05, 0) is 26.8 Å². The Kier molecular flexibility index (Phi) is 4.94. The highest BCUT2D eigenvalue weighted by Gasteiger charge is 2.18. The largest absolute Gasteiger partial charge is 0.311 e. The van der Waals surface area contributed by atoms with Gasteiger partial charge in [0.05, 0.1) is 16.8 Å². The molecular weight excluding hydrogens is 272 g/mol. The summed E-state index contributed by atoms with van der Waals surface area (Å²) in [5.74, 6) is 0. The van der Waals surface area contributed by atoms with Crippen molar-refractivity contribution in [1.82, 2.24) is 25.3 Å². The van der Waals surface area contributed by atoms with E-state index < -0.39 is 0 Å². The number of hydrogen-bond acceptors (Lipinski definition) is 6. The average molecular weight is 290 g/mol. The molecule has 0 aliphatic carbocycles. The number of aryl methyl sites for hydroxylation is 2. The van der Waals surface area contributed by atoms with Crippen LogP contribution in [0.1, 0.15) is 23.2 Å². The van der Waals surface area contributed by atoms with Crippen LogP contribution in [0.3, 0.4) is 0 Å². The van der Waals surface area contributed by atoms with Gasteiger partial charge in [0.15, 0.2) is 0 Å². The van der Waals surface area contributed by atoms with E-state index in [1.54, 1.807) is 30.9 Å². The SMILES string of the molecule is Cc1cnc(CNCCCn2ccnn2)c(C)c1[N+](=O)[O-]. The van der Waals surface area contributed by atoms with Crippen LogP contribution in [-0.4, -0.2) is 31.4 Å². The first kappa shape index (κ1) is 15.0. The zero-order chi connectivity index (χ0) is 15.2. The average Bonchev–Trinajstić information content (AvgIpc) is 2.93. The van der Waals surface area contributed by atoms with E-state index in [1.165, 1.54) is 0 Å². The molecule has 0 bridgehead atoms. The third-order valence-corrected chi connectivity index (χ3v) is 3.26. The maximum atomic E-state index is 11.0. The van der Waals surface area contributed by atoms with E-state index in [1.807, 2.05) is 6.20 Å². The second-order valence-corrected chi connectivity index (χ2v) is 4.82. The van der Waals surface area contributed by atoms with Gasteiger partial charge in [0.2, 0.25) is 0 Å². The van der Waals surface area contributed by atoms with E-state index >= 15 is 0 Å². The number of rotatable bonds is 7. The highest BCUT2D eigenvalue weighted by molar-refractivity contribution is 5.47. The molecule has 0 amide bonds. The van der Waals surface area contributed by atoms with Crippen molar-refractivity contribution in [2.75, 3.05) is 6.54 Å². The van der Waals surface area contributed by atoms with Gasteiger partial charge in [0.1, 0.15) is 0 Å². The Balaban J connectivity index is 1.86. The third kappa shape index (κ3) is 3.82. The van der Waals surface area contributed by atoms with Crippen molar-refractivity contribution < 1.29 is 4.92 Å². The number of nitro groups is 1. The lowest BCUT2D eigenvalue weighted by Gasteiger charge is -2.08. The van der Waals surface area contributed by atoms with Crippen molar-refractivity contribution in [3.8, 4) is 0 Å². The molecule has 0 unspecified atom stereocenters. The predicted molar refractivity (Wildman–Crippen MR) is 76.7 cm³/mol. The van der Waals surface area contributed by atoms with E-state index in [9.17, 15) is 10.1 Å². The van der Waals surface area contributed by atoms with Gasteiger partial charge in [-0.15, -0.1) is 5.10 Å². The summed E-state index contributed by atoms with van der Waals surface area (Å²) in [6.45, 7) is 5.53. The Morgan fingerprint density at radius 2 is 2.24 bits per heavy atom. The second-order valence-electron chi connectivity index (χ2n) is 4.82. The fourth-order valence-corrected chi connectivity index (χ4v) is 2.15. The van der Waals surface area contributed by atoms with Crippen LogP contribution >= 0.6 is 0 Å². The third-order valence-electron chi connectivity index (χ3n) is 3.26. The molecule has 2 aromatic rings. The van der Waals surface area contributed by atoms with E-state index in [2.05, 4.69) is 20.6 Å². The molecule has 0 spiro atoms. The molecule has 0 aliphatic rings. The number of nitrogens with one attached hydrogen (secondary N) is 1. The van der Waals surface area contributed by atoms with E-state index in [0.717, 1.165) is 19.5 Å². The first-order valence-corrected chi connectivity index (χ1v) is 6.74. The highest BCUT2D eigenvalue weighted by atomic mass is 16.6. The van der Waals surface area contributed by atoms with Crippen LogP contribution < -0.4 is 5.32 Å². The van der Waals surface area contributed by atoms with E-state index in [4.69, 9.17) is 0 Å². The smallest absolute Gasteiger partial charge is 0.278 e. The van der Waals surface area contributed by atoms with Crippen molar-refractivity contribution in [2.24, 2.45) is 0 Å². The molecule has 0 fully saturated rings. The molecule has 112 valence electrons. The van der Waals surface area contributed by atoms with Gasteiger partial charge < -0.3 is 5.32 Å². The number of aromatic nitrogens is 4. The monoisotopic (exact) mass is 290 g/mol. The molecule has 0 saturated carbocycles. The molecule has 1 N–H and O–H groups in total. The predicted octanol–water partition coefficient (Wildman–Crippen LogP) is 1.38. The molecule has 0 radical (unpaired) electrons. The minimum absolute atomic E-state index is 0.157. The number of nitrogens with zero attached hydrogens (tertiary/aromatic N) is 5. The summed E-state index contributed by atoms with van der Waals surface area (Å²) in [7, 11) is 0. The Hall–Kier alpha value is -2.35. The van der Waals surface area contributed by atoms with Crippen molar-refractivity contribution in [1.29, 1.82) is 0 Å². The Bertz CT molecular complexity index is 611. The van der Waals surface area contributed by atoms with Crippen LogP contribution in [0, 0.1) is 24.0 Å². The summed E-state index contributed by atoms with van der Waals surface area (Å²) in [5, 5.41) is 21.9. The van der Waals surface area contributed by atoms with Crippen LogP contribution in [0.2, 0.25) is 0 Å². The van der Waals surface area contributed by atoms with Crippen LogP contribution in [-0.2, 0) is 13.1 Å². The molecule has 8 heteroatoms. The maximum Gasteiger partial charge on any atom is 0.278 e. The van der Waals surface area contributed by atoms with Crippen LogP contribution in [0.15, 0.2) is 18.6 Å². The summed E-state index contributed by atoms with van der Waals surface area (Å²) < 4.78 is 1.77. The van der Waals surface area contributed by atoms with Gasteiger partial charge in [-0.3, -0.25) is 19.8 Å². The van der Waals surface area contributed by atoms with Gasteiger partial charge >= 0.3 is 0 Å². The zero-order valence-corrected chi connectivity index (χ0v) is 12.1. The summed E-state index contributed by atoms with van der Waals surface area (Å²) in [4.78, 5) is 15.0. The van der Waals surface area contributed by atoms with Crippen molar-refractivity contribution in [2.45, 2.75) is 33.4 Å². The summed E-state index contributed by atoms with van der Waals surface area (Å²) in [6, 6.07) is 0. The molecule has 8 nitrogen and oxygen atoms in total. The zero-order valence-electron chi connectivity index (χ0n) is 12.1. The molecule has 0 aliphatic heterocycles. The molecule has 0 aromatic carbocycles. The Morgan fingerprint density at radius 3 is 2.90 bits per heavy atom. The van der Waals surface area contributed by atoms with Crippen LogP contribution in [0.5, 0.6) is 0 Å². The molecule has 0 saturated heterocycles. The molecule has 21 heavy (non-hydrogen) atoms. The lowest BCUT2D eigenvalue weighted by Crippen LogP contribution is -2.18. The van der Waals surface area contributed by atoms with Gasteiger partial charge in [-0.25, -0.2) is 0 Å². The molecule has 2 rings (SSSR count). The van der Waals surface area contributed by atoms with Gasteiger partial charge in [-0.1, -0.05) is 5.21 Å². The van der Waals surface area contributed by atoms with Crippen molar-refractivity contribution in [3.63, 3.8) is 0 Å². The number of hydrogen-bond donors (Lipinski definition) is 1. The molecule has 0 atom stereocenters. The first-order chi connectivity index (χ1) is 10.1. The van der Waals surface area contributed by atoms with Gasteiger partial charge in [-0.2, -0.15) is 0 Å². The van der Waals surface area contributed by atoms with Gasteiger partial charge in [0, 0.05) is 36.6 Å². The van der Waals surface area contributed by atoms with Crippen molar-refractivity contribution in [3.05, 3.63) is 45.5 Å². The van der Waals surface area contributed by atoms with Crippen molar-refractivity contribution >= 4 is 5.69 Å². The maximum absolute atomic E-state index is 11.0. The van der Waals surface area contributed by atoms with Gasteiger partial charge in [0.25, 0.3) is 5.69 Å². The van der Waals surface area contributed by atoms with Crippen LogP contribution in [0.4, 0.5) is 5.69 Å². The standard InChI is InChI=1S/C13H18N6O2/c1-10-8-15-12(11(2)13(10)19(20)21)9-14-4-3-6-18-7-5-16-17-18/h5,7-8,14H,3-4,6,9H2,1-2H3. The molecule has 2 aromatic heterocycles. The topological polar surface area (TPSA) is 98.8 Å². The minimum atomic E-state index is -0.347. The Morgan fingerprint density at radius 1 is 1.43 bits per heavy atom. The molecule has 2 heterocycles. The first-order valence-electron chi connectivity index (χ1n) is 6.74. The van der Waals surface area contributed by atoms with Crippen LogP contribution in [0.25, 0.3) is 0 Å². The fourth-order valence-electron chi connectivity index (χ4n) is 2.15. The summed E-state index contributed by atoms with van der Waals surface area (Å²) in [5.41, 5.74) is 2.09. The Labute approximate surface area is 122 Å². The second kappa shape index (κ2) is 6.89. The number of pyridine rings is 1. The minimum Gasteiger partial charge on any atom is -0.311 e. The summed E-state index contributed by atoms with van der Waals surface area (Å²) in [6.07, 6.45) is 5.91. The normalized spacial score (nSPS) is 10.8. The lowest BCUT2D eigenvalue weighted by atomic mass is 10.1.